The third kappa shape index (κ3) is 5.46. The Kier molecular flexibility index (Phi) is 6.97. The molecule has 1 unspecified atom stereocenters. The Morgan fingerprint density at radius 1 is 1.11 bits per heavy atom. The van der Waals surface area contributed by atoms with Crippen LogP contribution in [-0.2, 0) is 0 Å². The van der Waals surface area contributed by atoms with Crippen LogP contribution in [0.25, 0.3) is 5.65 Å². The van der Waals surface area contributed by atoms with Gasteiger partial charge in [0.05, 0.1) is 54.7 Å². The minimum Gasteiger partial charge on any atom is -0.342 e. The first-order chi connectivity index (χ1) is 21.5. The Labute approximate surface area is 254 Å². The zero-order valence-corrected chi connectivity index (χ0v) is 24.2. The van der Waals surface area contributed by atoms with Gasteiger partial charge in [-0.1, -0.05) is 11.6 Å². The van der Waals surface area contributed by atoms with Crippen LogP contribution >= 0.6 is 0 Å². The number of halogens is 4. The Bertz CT molecular complexity index is 1670. The number of alkyl halides is 4. The van der Waals surface area contributed by atoms with Gasteiger partial charge in [0.15, 0.2) is 11.3 Å². The average molecular weight is 630 g/mol. The number of urea groups is 1. The summed E-state index contributed by atoms with van der Waals surface area (Å²) in [4.78, 5) is 32.0. The molecule has 3 aliphatic carbocycles. The van der Waals surface area contributed by atoms with Crippen molar-refractivity contribution in [3.05, 3.63) is 41.1 Å². The van der Waals surface area contributed by atoms with E-state index in [2.05, 4.69) is 32.1 Å². The van der Waals surface area contributed by atoms with Gasteiger partial charge in [0.25, 0.3) is 11.8 Å². The zero-order chi connectivity index (χ0) is 31.6. The number of amides is 3. The van der Waals surface area contributed by atoms with Gasteiger partial charge in [-0.15, -0.1) is 0 Å². The largest absolute Gasteiger partial charge is 0.342 e. The molecule has 3 aromatic heterocycles. The second-order valence-electron chi connectivity index (χ2n) is 12.8. The molecule has 12 nitrogen and oxygen atoms in total. The van der Waals surface area contributed by atoms with Crippen molar-refractivity contribution in [3.63, 3.8) is 0 Å². The Morgan fingerprint density at radius 3 is 2.53 bits per heavy atom. The first-order valence-corrected chi connectivity index (χ1v) is 15.2. The predicted molar refractivity (Wildman–Crippen MR) is 146 cm³/mol. The van der Waals surface area contributed by atoms with Crippen molar-refractivity contribution < 1.29 is 31.8 Å². The van der Waals surface area contributed by atoms with E-state index in [1.54, 1.807) is 12.3 Å². The van der Waals surface area contributed by atoms with Crippen molar-refractivity contribution in [1.82, 2.24) is 40.4 Å². The van der Waals surface area contributed by atoms with Gasteiger partial charge >= 0.3 is 6.03 Å². The number of hydrogen-bond acceptors (Lipinski definition) is 8. The zero-order valence-electron chi connectivity index (χ0n) is 24.2. The van der Waals surface area contributed by atoms with Gasteiger partial charge in [0.2, 0.25) is 5.92 Å². The summed E-state index contributed by atoms with van der Waals surface area (Å²) >= 11 is 0. The van der Waals surface area contributed by atoms with E-state index in [0.717, 1.165) is 17.7 Å². The molecule has 4 heterocycles. The SMILES string of the molecule is N#CC1([C@H](c2cnn3cc(C(NC(=O)c4nonc4C4CC4)C4CCC(F)(F)CC4)nc3c2)N2CC(F)(F)CNC2=O)CCC1. The van der Waals surface area contributed by atoms with Crippen molar-refractivity contribution in [2.45, 2.75) is 87.6 Å². The second kappa shape index (κ2) is 10.7. The molecule has 45 heavy (non-hydrogen) atoms. The van der Waals surface area contributed by atoms with Crippen LogP contribution in [-0.4, -0.2) is 66.7 Å². The molecule has 0 bridgehead atoms. The first kappa shape index (κ1) is 29.4. The van der Waals surface area contributed by atoms with Gasteiger partial charge in [0.1, 0.15) is 5.69 Å². The van der Waals surface area contributed by atoms with Crippen molar-refractivity contribution in [2.24, 2.45) is 11.3 Å². The summed E-state index contributed by atoms with van der Waals surface area (Å²) in [6, 6.07) is 1.41. The standard InChI is InChI=1S/C29H31F4N9O3/c30-28(31)8-4-17(5-9-28)21(38-25(43)23-22(16-2-3-16)39-45-40-23)19-12-42-20(37-19)10-18(11-36-42)24(27(13-34)6-1-7-27)41-15-29(32,33)14-35-26(41)44/h10-12,16-17,21,24H,1-9,14-15H2,(H,35,44)(H,38,43)/t21?,24-/m0/s1. The van der Waals surface area contributed by atoms with E-state index in [0.29, 0.717) is 36.2 Å². The van der Waals surface area contributed by atoms with Crippen molar-refractivity contribution in [1.29, 1.82) is 5.26 Å². The fourth-order valence-electron chi connectivity index (χ4n) is 6.92. The maximum absolute atomic E-state index is 14.5. The third-order valence-corrected chi connectivity index (χ3v) is 9.67. The lowest BCUT2D eigenvalue weighted by Gasteiger charge is -2.49. The van der Waals surface area contributed by atoms with Crippen molar-refractivity contribution in [2.75, 3.05) is 13.1 Å². The van der Waals surface area contributed by atoms with Crippen LogP contribution in [0.4, 0.5) is 22.4 Å². The fourth-order valence-corrected chi connectivity index (χ4v) is 6.92. The molecular weight excluding hydrogens is 598 g/mol. The highest BCUT2D eigenvalue weighted by atomic mass is 19.3. The van der Waals surface area contributed by atoms with E-state index in [1.165, 1.54) is 10.7 Å². The molecule has 3 aromatic rings. The monoisotopic (exact) mass is 629 g/mol. The minimum atomic E-state index is -3.19. The van der Waals surface area contributed by atoms with Crippen molar-refractivity contribution in [3.8, 4) is 6.07 Å². The number of rotatable bonds is 8. The van der Waals surface area contributed by atoms with Crippen LogP contribution in [0.3, 0.4) is 0 Å². The third-order valence-electron chi connectivity index (χ3n) is 9.67. The van der Waals surface area contributed by atoms with E-state index < -0.39 is 54.4 Å². The van der Waals surface area contributed by atoms with E-state index >= 15 is 0 Å². The fraction of sp³-hybridized carbons (Fsp3) is 0.621. The highest BCUT2D eigenvalue weighted by Gasteiger charge is 2.53. The number of fused-ring (bicyclic) bond motifs is 1. The minimum absolute atomic E-state index is 0.0505. The van der Waals surface area contributed by atoms with Crippen LogP contribution < -0.4 is 10.6 Å². The number of carbonyl (C=O) groups is 2. The molecule has 238 valence electrons. The molecule has 1 saturated heterocycles. The average Bonchev–Trinajstić information content (AvgIpc) is 3.54. The van der Waals surface area contributed by atoms with Gasteiger partial charge in [-0.05, 0) is 55.7 Å². The Hall–Kier alpha value is -4.29. The molecular formula is C29H31F4N9O3. The summed E-state index contributed by atoms with van der Waals surface area (Å²) in [5.41, 5.74) is 0.457. The molecule has 4 aliphatic rings. The van der Waals surface area contributed by atoms with Gasteiger partial charge < -0.3 is 15.5 Å². The smallest absolute Gasteiger partial charge is 0.318 e. The lowest BCUT2D eigenvalue weighted by Crippen LogP contribution is -2.60. The maximum Gasteiger partial charge on any atom is 0.318 e. The molecule has 3 amide bonds. The maximum atomic E-state index is 14.5. The summed E-state index contributed by atoms with van der Waals surface area (Å²) < 4.78 is 63.5. The van der Waals surface area contributed by atoms with E-state index in [4.69, 9.17) is 9.61 Å². The number of aromatic nitrogens is 5. The summed E-state index contributed by atoms with van der Waals surface area (Å²) in [7, 11) is 0. The number of nitrogens with one attached hydrogen (secondary N) is 2. The molecule has 4 fully saturated rings. The van der Waals surface area contributed by atoms with E-state index in [-0.39, 0.29) is 48.9 Å². The molecule has 16 heteroatoms. The highest BCUT2D eigenvalue weighted by molar-refractivity contribution is 5.93. The molecule has 3 saturated carbocycles. The Morgan fingerprint density at radius 2 is 1.87 bits per heavy atom. The summed E-state index contributed by atoms with van der Waals surface area (Å²) in [6.45, 7) is -1.64. The number of hydrogen-bond donors (Lipinski definition) is 2. The summed E-state index contributed by atoms with van der Waals surface area (Å²) in [6.07, 6.45) is 5.91. The predicted octanol–water partition coefficient (Wildman–Crippen LogP) is 4.68. The molecule has 0 spiro atoms. The molecule has 2 atom stereocenters. The van der Waals surface area contributed by atoms with Crippen LogP contribution in [0.1, 0.15) is 103 Å². The van der Waals surface area contributed by atoms with E-state index in [9.17, 15) is 32.4 Å². The van der Waals surface area contributed by atoms with Gasteiger partial charge in [-0.25, -0.2) is 36.5 Å². The Balaban J connectivity index is 1.24. The van der Waals surface area contributed by atoms with Crippen molar-refractivity contribution >= 4 is 17.6 Å². The molecule has 0 aromatic carbocycles. The normalized spacial score (nSPS) is 23.9. The second-order valence-corrected chi connectivity index (χ2v) is 12.8. The van der Waals surface area contributed by atoms with Crippen LogP contribution in [0.15, 0.2) is 23.1 Å². The first-order valence-electron chi connectivity index (χ1n) is 15.2. The molecule has 1 aliphatic heterocycles. The van der Waals surface area contributed by atoms with Gasteiger partial charge in [0, 0.05) is 24.3 Å². The van der Waals surface area contributed by atoms with Crippen LogP contribution in [0.2, 0.25) is 0 Å². The summed E-state index contributed by atoms with van der Waals surface area (Å²) in [5, 5.41) is 27.5. The number of imidazole rings is 1. The summed E-state index contributed by atoms with van der Waals surface area (Å²) in [5.74, 6) is -6.81. The number of nitriles is 1. The topological polar surface area (TPSA) is 154 Å². The van der Waals surface area contributed by atoms with Crippen LogP contribution in [0, 0.1) is 22.7 Å². The lowest BCUT2D eigenvalue weighted by molar-refractivity contribution is -0.0628. The van der Waals surface area contributed by atoms with Gasteiger partial charge in [-0.2, -0.15) is 10.4 Å². The van der Waals surface area contributed by atoms with Crippen LogP contribution in [0.5, 0.6) is 0 Å². The van der Waals surface area contributed by atoms with Gasteiger partial charge in [-0.3, -0.25) is 4.79 Å². The van der Waals surface area contributed by atoms with E-state index in [1.807, 2.05) is 0 Å². The number of carbonyl (C=O) groups excluding carboxylic acids is 2. The molecule has 2 N–H and O–H groups in total. The lowest BCUT2D eigenvalue weighted by atomic mass is 9.63. The molecule has 7 rings (SSSR count). The highest BCUT2D eigenvalue weighted by Crippen LogP contribution is 2.53. The molecule has 0 radical (unpaired) electrons. The quantitative estimate of drug-likeness (QED) is 0.341. The number of nitrogens with zero attached hydrogens (tertiary/aromatic N) is 7.